The van der Waals surface area contributed by atoms with E-state index >= 15 is 0 Å². The summed E-state index contributed by atoms with van der Waals surface area (Å²) in [6.07, 6.45) is 1.45. The number of piperidine rings is 1. The van der Waals surface area contributed by atoms with Crippen LogP contribution in [0.25, 0.3) is 0 Å². The number of carboxylic acid groups (broad SMARTS) is 1. The topological polar surface area (TPSA) is 88.1 Å². The van der Waals surface area contributed by atoms with Gasteiger partial charge < -0.3 is 19.9 Å². The molecule has 1 amide bonds. The molecule has 2 rings (SSSR count). The predicted octanol–water partition coefficient (Wildman–Crippen LogP) is 2.07. The van der Waals surface area contributed by atoms with Gasteiger partial charge in [0.2, 0.25) is 5.91 Å². The van der Waals surface area contributed by atoms with Crippen molar-refractivity contribution >= 4 is 11.9 Å². The lowest BCUT2D eigenvalue weighted by Crippen LogP contribution is -2.50. The zero-order valence-corrected chi connectivity index (χ0v) is 15.8. The lowest BCUT2D eigenvalue weighted by Gasteiger charge is -2.35. The van der Waals surface area contributed by atoms with Gasteiger partial charge in [0.05, 0.1) is 32.2 Å². The van der Waals surface area contributed by atoms with E-state index in [1.54, 1.807) is 20.3 Å². The Bertz CT molecular complexity index is 649. The van der Waals surface area contributed by atoms with Crippen LogP contribution in [-0.4, -0.2) is 55.2 Å². The van der Waals surface area contributed by atoms with Crippen molar-refractivity contribution in [3.8, 4) is 11.5 Å². The van der Waals surface area contributed by atoms with E-state index in [0.717, 1.165) is 18.5 Å². The van der Waals surface area contributed by atoms with Crippen LogP contribution in [-0.2, 0) is 9.59 Å². The van der Waals surface area contributed by atoms with Gasteiger partial charge in [-0.2, -0.15) is 0 Å². The van der Waals surface area contributed by atoms with Crippen LogP contribution in [0, 0.1) is 5.92 Å². The molecule has 1 saturated heterocycles. The summed E-state index contributed by atoms with van der Waals surface area (Å²) in [5.74, 6) is 0.0329. The number of nitrogens with zero attached hydrogens (tertiary/aromatic N) is 1. The molecule has 1 heterocycles. The number of amides is 1. The number of carbonyl (C=O) groups excluding carboxylic acids is 1. The number of carboxylic acids is 1. The normalized spacial score (nSPS) is 20.1. The quantitative estimate of drug-likeness (QED) is 0.770. The Kier molecular flexibility index (Phi) is 6.85. The van der Waals surface area contributed by atoms with E-state index in [-0.39, 0.29) is 11.9 Å². The molecule has 2 N–H and O–H groups in total. The maximum Gasteiger partial charge on any atom is 0.307 e. The molecule has 26 heavy (non-hydrogen) atoms. The highest BCUT2D eigenvalue weighted by Crippen LogP contribution is 2.29. The van der Waals surface area contributed by atoms with Crippen LogP contribution in [0.15, 0.2) is 18.2 Å². The average Bonchev–Trinajstić information content (AvgIpc) is 2.66. The summed E-state index contributed by atoms with van der Waals surface area (Å²) < 4.78 is 10.6. The van der Waals surface area contributed by atoms with Gasteiger partial charge in [-0.25, -0.2) is 0 Å². The molecule has 3 atom stereocenters. The third-order valence-electron chi connectivity index (χ3n) is 4.99. The summed E-state index contributed by atoms with van der Waals surface area (Å²) in [6, 6.07) is 4.79. The SMILES string of the molecule is COc1ccc(OC)c(C(C)NC(=O)C(C)N2CCCC(C(=O)O)C2)c1. The molecule has 0 saturated carbocycles. The van der Waals surface area contributed by atoms with E-state index in [1.165, 1.54) is 0 Å². The van der Waals surface area contributed by atoms with E-state index in [1.807, 2.05) is 30.9 Å². The number of carbonyl (C=O) groups is 2. The number of aliphatic carboxylic acids is 1. The van der Waals surface area contributed by atoms with Gasteiger partial charge in [-0.3, -0.25) is 14.5 Å². The van der Waals surface area contributed by atoms with Crippen LogP contribution < -0.4 is 14.8 Å². The number of hydrogen-bond acceptors (Lipinski definition) is 5. The molecule has 0 radical (unpaired) electrons. The molecule has 7 heteroatoms. The van der Waals surface area contributed by atoms with E-state index < -0.39 is 17.9 Å². The highest BCUT2D eigenvalue weighted by molar-refractivity contribution is 5.82. The summed E-state index contributed by atoms with van der Waals surface area (Å²) in [4.78, 5) is 25.9. The van der Waals surface area contributed by atoms with Gasteiger partial charge in [-0.15, -0.1) is 0 Å². The molecule has 1 aliphatic rings. The van der Waals surface area contributed by atoms with Gasteiger partial charge in [-0.1, -0.05) is 0 Å². The molecular weight excluding hydrogens is 336 g/mol. The third kappa shape index (κ3) is 4.66. The van der Waals surface area contributed by atoms with Crippen molar-refractivity contribution in [1.29, 1.82) is 0 Å². The number of hydrogen-bond donors (Lipinski definition) is 2. The second-order valence-corrected chi connectivity index (χ2v) is 6.69. The predicted molar refractivity (Wildman–Crippen MR) is 97.5 cm³/mol. The molecule has 7 nitrogen and oxygen atoms in total. The fourth-order valence-corrected chi connectivity index (χ4v) is 3.32. The monoisotopic (exact) mass is 364 g/mol. The van der Waals surface area contributed by atoms with Crippen LogP contribution in [0.2, 0.25) is 0 Å². The number of nitrogens with one attached hydrogen (secondary N) is 1. The second kappa shape index (κ2) is 8.89. The number of ether oxygens (including phenoxy) is 2. The van der Waals surface area contributed by atoms with E-state index in [0.29, 0.717) is 24.5 Å². The van der Waals surface area contributed by atoms with Crippen molar-refractivity contribution in [1.82, 2.24) is 10.2 Å². The van der Waals surface area contributed by atoms with Crippen molar-refractivity contribution in [3.63, 3.8) is 0 Å². The number of benzene rings is 1. The summed E-state index contributed by atoms with van der Waals surface area (Å²) in [7, 11) is 3.17. The Hall–Kier alpha value is -2.28. The van der Waals surface area contributed by atoms with Gasteiger partial charge in [0.25, 0.3) is 0 Å². The fourth-order valence-electron chi connectivity index (χ4n) is 3.32. The number of likely N-dealkylation sites (tertiary alicyclic amines) is 1. The molecule has 1 aromatic rings. The van der Waals surface area contributed by atoms with Crippen molar-refractivity contribution in [3.05, 3.63) is 23.8 Å². The van der Waals surface area contributed by atoms with Crippen molar-refractivity contribution < 1.29 is 24.2 Å². The Morgan fingerprint density at radius 3 is 2.62 bits per heavy atom. The molecule has 0 bridgehead atoms. The minimum atomic E-state index is -0.795. The fraction of sp³-hybridized carbons (Fsp3) is 0.579. The molecule has 3 unspecified atom stereocenters. The zero-order valence-electron chi connectivity index (χ0n) is 15.8. The first-order valence-corrected chi connectivity index (χ1v) is 8.86. The highest BCUT2D eigenvalue weighted by Gasteiger charge is 2.31. The van der Waals surface area contributed by atoms with Gasteiger partial charge >= 0.3 is 5.97 Å². The Morgan fingerprint density at radius 2 is 2.00 bits per heavy atom. The molecule has 0 aliphatic carbocycles. The van der Waals surface area contributed by atoms with E-state index in [9.17, 15) is 14.7 Å². The summed E-state index contributed by atoms with van der Waals surface area (Å²) >= 11 is 0. The van der Waals surface area contributed by atoms with Gasteiger partial charge in [0, 0.05) is 12.1 Å². The van der Waals surface area contributed by atoms with Crippen molar-refractivity contribution in [2.24, 2.45) is 5.92 Å². The van der Waals surface area contributed by atoms with Gasteiger partial charge in [0.15, 0.2) is 0 Å². The van der Waals surface area contributed by atoms with Crippen molar-refractivity contribution in [2.75, 3.05) is 27.3 Å². The lowest BCUT2D eigenvalue weighted by molar-refractivity contribution is -0.145. The van der Waals surface area contributed by atoms with Crippen molar-refractivity contribution in [2.45, 2.75) is 38.8 Å². The maximum atomic E-state index is 12.7. The second-order valence-electron chi connectivity index (χ2n) is 6.69. The smallest absolute Gasteiger partial charge is 0.307 e. The zero-order chi connectivity index (χ0) is 19.3. The third-order valence-corrected chi connectivity index (χ3v) is 4.99. The minimum Gasteiger partial charge on any atom is -0.497 e. The molecule has 1 fully saturated rings. The first-order chi connectivity index (χ1) is 12.4. The maximum absolute atomic E-state index is 12.7. The first kappa shape index (κ1) is 20.0. The highest BCUT2D eigenvalue weighted by atomic mass is 16.5. The average molecular weight is 364 g/mol. The van der Waals surface area contributed by atoms with E-state index in [4.69, 9.17) is 9.47 Å². The lowest BCUT2D eigenvalue weighted by atomic mass is 9.97. The summed E-state index contributed by atoms with van der Waals surface area (Å²) in [5, 5.41) is 12.2. The standard InChI is InChI=1S/C19H28N2O5/c1-12(16-10-15(25-3)7-8-17(16)26-4)20-18(22)13(2)21-9-5-6-14(11-21)19(23)24/h7-8,10,12-14H,5-6,9,11H2,1-4H3,(H,20,22)(H,23,24). The molecule has 144 valence electrons. The van der Waals surface area contributed by atoms with Crippen LogP contribution in [0.3, 0.4) is 0 Å². The molecule has 1 aromatic carbocycles. The number of methoxy groups -OCH3 is 2. The van der Waals surface area contributed by atoms with Crippen LogP contribution in [0.4, 0.5) is 0 Å². The van der Waals surface area contributed by atoms with Crippen LogP contribution in [0.1, 0.15) is 38.3 Å². The van der Waals surface area contributed by atoms with Crippen LogP contribution >= 0.6 is 0 Å². The summed E-state index contributed by atoms with van der Waals surface area (Å²) in [6.45, 7) is 4.84. The summed E-state index contributed by atoms with van der Waals surface area (Å²) in [5.41, 5.74) is 0.828. The molecule has 1 aliphatic heterocycles. The first-order valence-electron chi connectivity index (χ1n) is 8.86. The number of rotatable bonds is 7. The molecule has 0 aromatic heterocycles. The van der Waals surface area contributed by atoms with Gasteiger partial charge in [-0.05, 0) is 51.4 Å². The molecular formula is C19H28N2O5. The Balaban J connectivity index is 2.05. The minimum absolute atomic E-state index is 0.131. The van der Waals surface area contributed by atoms with E-state index in [2.05, 4.69) is 5.32 Å². The van der Waals surface area contributed by atoms with Crippen LogP contribution in [0.5, 0.6) is 11.5 Å². The Labute approximate surface area is 154 Å². The molecule has 0 spiro atoms. The largest absolute Gasteiger partial charge is 0.497 e. The van der Waals surface area contributed by atoms with Gasteiger partial charge in [0.1, 0.15) is 11.5 Å². The Morgan fingerprint density at radius 1 is 1.27 bits per heavy atom.